The van der Waals surface area contributed by atoms with Gasteiger partial charge >= 0.3 is 0 Å². The van der Waals surface area contributed by atoms with Gasteiger partial charge in [0.25, 0.3) is 0 Å². The smallest absolute Gasteiger partial charge is 0.0619 e. The lowest BCUT2D eigenvalue weighted by Gasteiger charge is -2.30. The van der Waals surface area contributed by atoms with E-state index in [9.17, 15) is 0 Å². The van der Waals surface area contributed by atoms with Crippen molar-refractivity contribution in [1.29, 1.82) is 0 Å². The Kier molecular flexibility index (Phi) is 3.30. The van der Waals surface area contributed by atoms with E-state index in [0.29, 0.717) is 6.54 Å². The average Bonchev–Trinajstić information content (AvgIpc) is 2.88. The molecule has 1 aliphatic heterocycles. The van der Waals surface area contributed by atoms with Gasteiger partial charge in [0.2, 0.25) is 0 Å². The molecule has 4 nitrogen and oxygen atoms in total. The third-order valence-corrected chi connectivity index (χ3v) is 3.80. The maximum atomic E-state index is 5.94. The fourth-order valence-electron chi connectivity index (χ4n) is 2.47. The molecule has 4 heteroatoms. The number of ether oxygens (including phenoxy) is 1. The first-order chi connectivity index (χ1) is 7.70. The molecule has 1 fully saturated rings. The van der Waals surface area contributed by atoms with Crippen LogP contribution in [-0.4, -0.2) is 29.0 Å². The fraction of sp³-hybridized carbons (Fsp3) is 0.750. The quantitative estimate of drug-likeness (QED) is 0.834. The molecule has 1 saturated heterocycles. The predicted molar refractivity (Wildman–Crippen MR) is 63.1 cm³/mol. The third-order valence-electron chi connectivity index (χ3n) is 3.80. The molecule has 16 heavy (non-hydrogen) atoms. The summed E-state index contributed by atoms with van der Waals surface area (Å²) in [5.74, 6) is 0. The summed E-state index contributed by atoms with van der Waals surface area (Å²) in [6.07, 6.45) is 6.35. The van der Waals surface area contributed by atoms with Gasteiger partial charge in [0.05, 0.1) is 12.3 Å². The van der Waals surface area contributed by atoms with E-state index in [0.717, 1.165) is 26.0 Å². The topological polar surface area (TPSA) is 53.1 Å². The molecule has 2 rings (SSSR count). The van der Waals surface area contributed by atoms with Crippen molar-refractivity contribution in [2.24, 2.45) is 11.1 Å². The molecule has 1 aromatic heterocycles. The maximum Gasteiger partial charge on any atom is 0.0619 e. The van der Waals surface area contributed by atoms with Crippen molar-refractivity contribution in [3.05, 3.63) is 18.0 Å². The summed E-state index contributed by atoms with van der Waals surface area (Å²) in [6.45, 7) is 6.66. The van der Waals surface area contributed by atoms with Crippen molar-refractivity contribution in [2.75, 3.05) is 13.2 Å². The summed E-state index contributed by atoms with van der Waals surface area (Å²) in [5.41, 5.74) is 7.32. The van der Waals surface area contributed by atoms with Gasteiger partial charge in [-0.25, -0.2) is 0 Å². The van der Waals surface area contributed by atoms with Crippen LogP contribution in [0, 0.1) is 5.41 Å². The van der Waals surface area contributed by atoms with Crippen molar-refractivity contribution >= 4 is 0 Å². The second-order valence-corrected chi connectivity index (χ2v) is 4.71. The zero-order chi connectivity index (χ0) is 11.6. The molecule has 1 aromatic rings. The standard InChI is InChI=1S/C12H21N3O/c1-3-15-8-11(7-14-15)6-12(9-13)4-5-16-10(12)2/h7-8,10H,3-6,9,13H2,1-2H3. The van der Waals surface area contributed by atoms with E-state index in [1.807, 2.05) is 10.9 Å². The number of aryl methyl sites for hydroxylation is 1. The van der Waals surface area contributed by atoms with Crippen LogP contribution in [0.5, 0.6) is 0 Å². The van der Waals surface area contributed by atoms with E-state index < -0.39 is 0 Å². The lowest BCUT2D eigenvalue weighted by Crippen LogP contribution is -2.38. The van der Waals surface area contributed by atoms with E-state index in [2.05, 4.69) is 25.1 Å². The van der Waals surface area contributed by atoms with E-state index in [4.69, 9.17) is 10.5 Å². The molecule has 90 valence electrons. The maximum absolute atomic E-state index is 5.94. The molecule has 0 spiro atoms. The molecule has 0 aromatic carbocycles. The molecule has 0 saturated carbocycles. The average molecular weight is 223 g/mol. The number of hydrogen-bond donors (Lipinski definition) is 1. The SMILES string of the molecule is CCn1cc(CC2(CN)CCOC2C)cn1. The second-order valence-electron chi connectivity index (χ2n) is 4.71. The number of rotatable bonds is 4. The van der Waals surface area contributed by atoms with Crippen LogP contribution >= 0.6 is 0 Å². The van der Waals surface area contributed by atoms with E-state index in [1.54, 1.807) is 0 Å². The first kappa shape index (κ1) is 11.6. The van der Waals surface area contributed by atoms with Gasteiger partial charge in [0.1, 0.15) is 0 Å². The zero-order valence-corrected chi connectivity index (χ0v) is 10.1. The molecule has 0 radical (unpaired) electrons. The van der Waals surface area contributed by atoms with E-state index >= 15 is 0 Å². The van der Waals surface area contributed by atoms with E-state index in [-0.39, 0.29) is 11.5 Å². The van der Waals surface area contributed by atoms with Gasteiger partial charge in [-0.05, 0) is 32.3 Å². The van der Waals surface area contributed by atoms with Gasteiger partial charge < -0.3 is 10.5 Å². The zero-order valence-electron chi connectivity index (χ0n) is 10.1. The third kappa shape index (κ3) is 1.99. The highest BCUT2D eigenvalue weighted by Gasteiger charge is 2.40. The first-order valence-corrected chi connectivity index (χ1v) is 6.03. The number of aromatic nitrogens is 2. The van der Waals surface area contributed by atoms with Crippen LogP contribution in [0.25, 0.3) is 0 Å². The Balaban J connectivity index is 2.12. The first-order valence-electron chi connectivity index (χ1n) is 6.03. The minimum atomic E-state index is 0.113. The number of nitrogens with two attached hydrogens (primary N) is 1. The normalized spacial score (nSPS) is 29.8. The summed E-state index contributed by atoms with van der Waals surface area (Å²) < 4.78 is 7.62. The van der Waals surface area contributed by atoms with Gasteiger partial charge in [0, 0.05) is 31.3 Å². The molecule has 1 aliphatic rings. The highest BCUT2D eigenvalue weighted by molar-refractivity contribution is 5.10. The number of nitrogens with zero attached hydrogens (tertiary/aromatic N) is 2. The summed E-state index contributed by atoms with van der Waals surface area (Å²) in [5, 5.41) is 4.30. The summed E-state index contributed by atoms with van der Waals surface area (Å²) in [4.78, 5) is 0. The molecular weight excluding hydrogens is 202 g/mol. The van der Waals surface area contributed by atoms with Crippen molar-refractivity contribution in [3.8, 4) is 0 Å². The van der Waals surface area contributed by atoms with Crippen LogP contribution in [0.2, 0.25) is 0 Å². The minimum Gasteiger partial charge on any atom is -0.378 e. The minimum absolute atomic E-state index is 0.113. The Hall–Kier alpha value is -0.870. The van der Waals surface area contributed by atoms with Gasteiger partial charge in [0.15, 0.2) is 0 Å². The molecule has 0 bridgehead atoms. The summed E-state index contributed by atoms with van der Waals surface area (Å²) in [6, 6.07) is 0. The Morgan fingerprint density at radius 3 is 3.00 bits per heavy atom. The van der Waals surface area contributed by atoms with Crippen molar-refractivity contribution in [2.45, 2.75) is 39.3 Å². The van der Waals surface area contributed by atoms with Crippen LogP contribution in [0.1, 0.15) is 25.8 Å². The second kappa shape index (κ2) is 4.55. The molecule has 2 unspecified atom stereocenters. The molecule has 0 amide bonds. The highest BCUT2D eigenvalue weighted by Crippen LogP contribution is 2.37. The monoisotopic (exact) mass is 223 g/mol. The van der Waals surface area contributed by atoms with Gasteiger partial charge in [-0.2, -0.15) is 5.10 Å². The summed E-state index contributed by atoms with van der Waals surface area (Å²) >= 11 is 0. The molecule has 2 heterocycles. The highest BCUT2D eigenvalue weighted by atomic mass is 16.5. The molecular formula is C12H21N3O. The van der Waals surface area contributed by atoms with Crippen LogP contribution in [0.4, 0.5) is 0 Å². The fourth-order valence-corrected chi connectivity index (χ4v) is 2.47. The largest absolute Gasteiger partial charge is 0.378 e. The lowest BCUT2D eigenvalue weighted by atomic mass is 9.77. The lowest BCUT2D eigenvalue weighted by molar-refractivity contribution is 0.0673. The molecule has 2 N–H and O–H groups in total. The Morgan fingerprint density at radius 1 is 1.69 bits per heavy atom. The van der Waals surface area contributed by atoms with E-state index in [1.165, 1.54) is 5.56 Å². The molecule has 2 atom stereocenters. The van der Waals surface area contributed by atoms with Crippen molar-refractivity contribution in [3.63, 3.8) is 0 Å². The van der Waals surface area contributed by atoms with Crippen molar-refractivity contribution in [1.82, 2.24) is 9.78 Å². The Labute approximate surface area is 96.8 Å². The molecule has 0 aliphatic carbocycles. The van der Waals surface area contributed by atoms with Crippen LogP contribution in [0.15, 0.2) is 12.4 Å². The van der Waals surface area contributed by atoms with Gasteiger partial charge in [-0.3, -0.25) is 4.68 Å². The Bertz CT molecular complexity index is 350. The van der Waals surface area contributed by atoms with Gasteiger partial charge in [-0.1, -0.05) is 0 Å². The number of hydrogen-bond acceptors (Lipinski definition) is 3. The predicted octanol–water partition coefficient (Wildman–Crippen LogP) is 1.20. The van der Waals surface area contributed by atoms with Crippen LogP contribution in [-0.2, 0) is 17.7 Å². The van der Waals surface area contributed by atoms with Crippen molar-refractivity contribution < 1.29 is 4.74 Å². The Morgan fingerprint density at radius 2 is 2.50 bits per heavy atom. The van der Waals surface area contributed by atoms with Crippen LogP contribution in [0.3, 0.4) is 0 Å². The summed E-state index contributed by atoms with van der Waals surface area (Å²) in [7, 11) is 0. The van der Waals surface area contributed by atoms with Crippen LogP contribution < -0.4 is 5.73 Å². The van der Waals surface area contributed by atoms with Gasteiger partial charge in [-0.15, -0.1) is 0 Å².